The number of sulfonamides is 1. The van der Waals surface area contributed by atoms with Crippen molar-refractivity contribution >= 4 is 42.4 Å². The van der Waals surface area contributed by atoms with Crippen LogP contribution in [0.2, 0.25) is 0 Å². The fourth-order valence-corrected chi connectivity index (χ4v) is 3.99. The number of fused-ring (bicyclic) bond motifs is 1. The molecule has 0 radical (unpaired) electrons. The molecule has 120 valence electrons. The molecule has 2 aromatic carbocycles. The first-order chi connectivity index (χ1) is 10.9. The number of nitrogens with one attached hydrogen (secondary N) is 1. The summed E-state index contributed by atoms with van der Waals surface area (Å²) in [6.07, 6.45) is 0. The van der Waals surface area contributed by atoms with Gasteiger partial charge in [-0.25, -0.2) is 13.4 Å². The van der Waals surface area contributed by atoms with Gasteiger partial charge in [-0.15, -0.1) is 0 Å². The molecule has 0 spiro atoms. The molecule has 1 heterocycles. The number of hydrogen-bond donors (Lipinski definition) is 2. The van der Waals surface area contributed by atoms with Crippen molar-refractivity contribution in [1.29, 1.82) is 0 Å². The number of methoxy groups -OCH3 is 1. The van der Waals surface area contributed by atoms with Crippen LogP contribution >= 0.6 is 11.3 Å². The number of nitrogen functional groups attached to an aromatic ring is 1. The highest BCUT2D eigenvalue weighted by Crippen LogP contribution is 2.35. The molecule has 23 heavy (non-hydrogen) atoms. The maximum atomic E-state index is 12.5. The van der Waals surface area contributed by atoms with E-state index in [1.807, 2.05) is 6.92 Å². The Kier molecular flexibility index (Phi) is 3.87. The third-order valence-electron chi connectivity index (χ3n) is 3.28. The Morgan fingerprint density at radius 3 is 2.57 bits per heavy atom. The number of aryl methyl sites for hydroxylation is 1. The van der Waals surface area contributed by atoms with Gasteiger partial charge in [0.15, 0.2) is 5.13 Å². The van der Waals surface area contributed by atoms with E-state index in [0.29, 0.717) is 22.1 Å². The quantitative estimate of drug-likeness (QED) is 0.755. The average molecular weight is 349 g/mol. The summed E-state index contributed by atoms with van der Waals surface area (Å²) >= 11 is 1.27. The molecule has 0 saturated carbocycles. The van der Waals surface area contributed by atoms with Crippen LogP contribution in [-0.4, -0.2) is 20.5 Å². The molecular formula is C15H15N3O3S2. The van der Waals surface area contributed by atoms with Gasteiger partial charge in [-0.05, 0) is 25.1 Å². The van der Waals surface area contributed by atoms with Gasteiger partial charge in [-0.3, -0.25) is 4.72 Å². The maximum Gasteiger partial charge on any atom is 0.261 e. The van der Waals surface area contributed by atoms with Gasteiger partial charge < -0.3 is 10.5 Å². The van der Waals surface area contributed by atoms with Crippen molar-refractivity contribution in [3.63, 3.8) is 0 Å². The molecule has 6 nitrogen and oxygen atoms in total. The molecule has 0 aliphatic heterocycles. The summed E-state index contributed by atoms with van der Waals surface area (Å²) in [5, 5.41) is 0.400. The Labute approximate surface area is 138 Å². The van der Waals surface area contributed by atoms with Crippen LogP contribution in [0.3, 0.4) is 0 Å². The maximum absolute atomic E-state index is 12.5. The van der Waals surface area contributed by atoms with E-state index in [2.05, 4.69) is 9.71 Å². The van der Waals surface area contributed by atoms with Gasteiger partial charge in [0.1, 0.15) is 11.3 Å². The van der Waals surface area contributed by atoms with E-state index in [-0.39, 0.29) is 4.90 Å². The van der Waals surface area contributed by atoms with Crippen molar-refractivity contribution in [2.45, 2.75) is 11.8 Å². The molecule has 8 heteroatoms. The van der Waals surface area contributed by atoms with E-state index in [1.54, 1.807) is 36.4 Å². The number of rotatable bonds is 4. The van der Waals surface area contributed by atoms with Crippen molar-refractivity contribution in [1.82, 2.24) is 4.98 Å². The van der Waals surface area contributed by atoms with Gasteiger partial charge in [0.2, 0.25) is 0 Å². The minimum absolute atomic E-state index is 0.200. The Bertz CT molecular complexity index is 964. The smallest absolute Gasteiger partial charge is 0.261 e. The van der Waals surface area contributed by atoms with Crippen LogP contribution in [-0.2, 0) is 10.0 Å². The first kappa shape index (κ1) is 15.6. The van der Waals surface area contributed by atoms with Crippen LogP contribution in [0.25, 0.3) is 10.2 Å². The molecule has 3 aromatic rings. The minimum Gasteiger partial charge on any atom is -0.494 e. The molecule has 3 N–H and O–H groups in total. The molecule has 0 aliphatic rings. The van der Waals surface area contributed by atoms with E-state index in [0.717, 1.165) is 10.3 Å². The van der Waals surface area contributed by atoms with Crippen LogP contribution < -0.4 is 15.2 Å². The lowest BCUT2D eigenvalue weighted by atomic mass is 10.2. The van der Waals surface area contributed by atoms with Gasteiger partial charge in [0.05, 0.1) is 22.4 Å². The van der Waals surface area contributed by atoms with Crippen LogP contribution in [0.4, 0.5) is 10.8 Å². The van der Waals surface area contributed by atoms with Crippen molar-refractivity contribution < 1.29 is 13.2 Å². The first-order valence-corrected chi connectivity index (χ1v) is 9.02. The molecule has 0 saturated heterocycles. The number of nitrogens with two attached hydrogens (primary N) is 1. The lowest BCUT2D eigenvalue weighted by Crippen LogP contribution is -2.12. The van der Waals surface area contributed by atoms with Gasteiger partial charge in [-0.2, -0.15) is 0 Å². The van der Waals surface area contributed by atoms with E-state index >= 15 is 0 Å². The highest BCUT2D eigenvalue weighted by molar-refractivity contribution is 7.92. The number of ether oxygens (including phenoxy) is 1. The van der Waals surface area contributed by atoms with Crippen LogP contribution in [0.15, 0.2) is 41.3 Å². The summed E-state index contributed by atoms with van der Waals surface area (Å²) in [4.78, 5) is 4.38. The third kappa shape index (κ3) is 3.08. The SMILES string of the molecule is COc1cc(NS(=O)(=O)c2ccc(C)cc2)cc2sc(N)nc12. The summed E-state index contributed by atoms with van der Waals surface area (Å²) in [6, 6.07) is 9.92. The van der Waals surface area contributed by atoms with Crippen molar-refractivity contribution in [2.75, 3.05) is 17.6 Å². The molecule has 0 aliphatic carbocycles. The zero-order valence-electron chi connectivity index (χ0n) is 12.5. The molecule has 0 atom stereocenters. The Balaban J connectivity index is 2.02. The zero-order valence-corrected chi connectivity index (χ0v) is 14.2. The molecular weight excluding hydrogens is 334 g/mol. The summed E-state index contributed by atoms with van der Waals surface area (Å²) in [7, 11) is -2.17. The predicted molar refractivity (Wildman–Crippen MR) is 92.6 cm³/mol. The molecule has 0 unspecified atom stereocenters. The van der Waals surface area contributed by atoms with E-state index in [4.69, 9.17) is 10.5 Å². The second-order valence-electron chi connectivity index (χ2n) is 5.00. The lowest BCUT2D eigenvalue weighted by Gasteiger charge is -2.10. The lowest BCUT2D eigenvalue weighted by molar-refractivity contribution is 0.419. The largest absolute Gasteiger partial charge is 0.494 e. The van der Waals surface area contributed by atoms with Crippen LogP contribution in [0, 0.1) is 6.92 Å². The standard InChI is InChI=1S/C15H15N3O3S2/c1-9-3-5-11(6-4-9)23(19,20)18-10-7-12(21-2)14-13(8-10)22-15(16)17-14/h3-8,18H,1-2H3,(H2,16,17). The fraction of sp³-hybridized carbons (Fsp3) is 0.133. The van der Waals surface area contributed by atoms with E-state index in [1.165, 1.54) is 18.4 Å². The molecule has 0 fully saturated rings. The van der Waals surface area contributed by atoms with Crippen molar-refractivity contribution in [2.24, 2.45) is 0 Å². The number of nitrogens with zero attached hydrogens (tertiary/aromatic N) is 1. The summed E-state index contributed by atoms with van der Waals surface area (Å²) in [5.41, 5.74) is 7.72. The van der Waals surface area contributed by atoms with Gasteiger partial charge >= 0.3 is 0 Å². The fourth-order valence-electron chi connectivity index (χ4n) is 2.16. The Hall–Kier alpha value is -2.32. The summed E-state index contributed by atoms with van der Waals surface area (Å²) in [6.45, 7) is 1.90. The highest BCUT2D eigenvalue weighted by Gasteiger charge is 2.16. The summed E-state index contributed by atoms with van der Waals surface area (Å²) < 4.78 is 33.5. The van der Waals surface area contributed by atoms with Crippen LogP contribution in [0.1, 0.15) is 5.56 Å². The Morgan fingerprint density at radius 1 is 1.22 bits per heavy atom. The molecule has 0 amide bonds. The van der Waals surface area contributed by atoms with E-state index < -0.39 is 10.0 Å². The number of benzene rings is 2. The number of aromatic nitrogens is 1. The second-order valence-corrected chi connectivity index (χ2v) is 7.74. The highest BCUT2D eigenvalue weighted by atomic mass is 32.2. The third-order valence-corrected chi connectivity index (χ3v) is 5.51. The number of anilines is 2. The first-order valence-electron chi connectivity index (χ1n) is 6.72. The normalized spacial score (nSPS) is 11.6. The summed E-state index contributed by atoms with van der Waals surface area (Å²) in [5.74, 6) is 0.469. The second kappa shape index (κ2) is 5.71. The predicted octanol–water partition coefficient (Wildman–Crippen LogP) is 3.00. The van der Waals surface area contributed by atoms with Gasteiger partial charge in [-0.1, -0.05) is 29.0 Å². The van der Waals surface area contributed by atoms with Crippen LogP contribution in [0.5, 0.6) is 5.75 Å². The topological polar surface area (TPSA) is 94.3 Å². The van der Waals surface area contributed by atoms with E-state index in [9.17, 15) is 8.42 Å². The minimum atomic E-state index is -3.67. The molecule has 0 bridgehead atoms. The van der Waals surface area contributed by atoms with Crippen molar-refractivity contribution in [3.8, 4) is 5.75 Å². The molecule has 1 aromatic heterocycles. The number of thiazole rings is 1. The van der Waals surface area contributed by atoms with Crippen molar-refractivity contribution in [3.05, 3.63) is 42.0 Å². The molecule has 3 rings (SSSR count). The average Bonchev–Trinajstić information content (AvgIpc) is 2.86. The van der Waals surface area contributed by atoms with Gasteiger partial charge in [0, 0.05) is 6.07 Å². The number of hydrogen-bond acceptors (Lipinski definition) is 6. The van der Waals surface area contributed by atoms with Gasteiger partial charge in [0.25, 0.3) is 10.0 Å². The zero-order chi connectivity index (χ0) is 16.6. The monoisotopic (exact) mass is 349 g/mol. The Morgan fingerprint density at radius 2 is 1.91 bits per heavy atom.